The normalized spacial score (nSPS) is 14.9. The summed E-state index contributed by atoms with van der Waals surface area (Å²) in [4.78, 5) is 109. The van der Waals surface area contributed by atoms with Gasteiger partial charge in [-0.1, -0.05) is 0 Å². The third-order valence-corrected chi connectivity index (χ3v) is 15.0. The van der Waals surface area contributed by atoms with E-state index in [4.69, 9.17) is 23.7 Å². The van der Waals surface area contributed by atoms with Gasteiger partial charge in [0.1, 0.15) is 0 Å². The number of hydrogen-bond donors (Lipinski definition) is 24. The molecule has 37 heteroatoms. The van der Waals surface area contributed by atoms with E-state index < -0.39 is 283 Å². The van der Waals surface area contributed by atoms with Crippen molar-refractivity contribution < 1.29 is 185 Å². The van der Waals surface area contributed by atoms with Crippen molar-refractivity contribution >= 4 is 47.8 Å². The van der Waals surface area contributed by atoms with E-state index in [0.29, 0.717) is 48.5 Å². The average Bonchev–Trinajstić information content (AvgIpc) is 0.712. The van der Waals surface area contributed by atoms with E-state index >= 15 is 0 Å². The van der Waals surface area contributed by atoms with Gasteiger partial charge in [-0.3, -0.25) is 0 Å². The molecule has 508 valence electrons. The van der Waals surface area contributed by atoms with Crippen molar-refractivity contribution in [3.05, 3.63) is 140 Å². The van der Waals surface area contributed by atoms with E-state index in [9.17, 15) is 161 Å². The molecular formula is C61H42O37. The quantitative estimate of drug-likeness (QED) is 0.0348. The third-order valence-electron chi connectivity index (χ3n) is 15.0. The summed E-state index contributed by atoms with van der Waals surface area (Å²) in [6, 6.07) is 4.41. The first kappa shape index (κ1) is 67.9. The summed E-state index contributed by atoms with van der Waals surface area (Å²) in [7, 11) is 0. The second-order valence-electron chi connectivity index (χ2n) is 20.8. The molecule has 0 aromatic heterocycles. The molecule has 98 heavy (non-hydrogen) atoms. The highest BCUT2D eigenvalue weighted by molar-refractivity contribution is 6.00. The molecule has 0 unspecified atom stereocenters. The van der Waals surface area contributed by atoms with Crippen LogP contribution in [0.25, 0.3) is 0 Å². The van der Waals surface area contributed by atoms with Crippen LogP contribution < -0.4 is 18.9 Å². The number of aromatic hydroxyl groups is 20. The van der Waals surface area contributed by atoms with Gasteiger partial charge in [-0.25, -0.2) is 38.4 Å². The topological polar surface area (TPSA) is 668 Å². The molecule has 1 aliphatic rings. The maximum absolute atomic E-state index is 13.9. The van der Waals surface area contributed by atoms with Gasteiger partial charge in [0.05, 0.1) is 57.2 Å². The first-order valence-corrected chi connectivity index (χ1v) is 26.6. The predicted octanol–water partition coefficient (Wildman–Crippen LogP) is 4.89. The summed E-state index contributed by atoms with van der Waals surface area (Å²) in [6.07, 6.45) is -2.93. The zero-order valence-electron chi connectivity index (χ0n) is 48.0. The van der Waals surface area contributed by atoms with Gasteiger partial charge < -0.3 is 146 Å². The monoisotopic (exact) mass is 1370 g/mol. The molecule has 1 fully saturated rings. The van der Waals surface area contributed by atoms with Crippen LogP contribution in [0.15, 0.2) is 72.8 Å². The Balaban J connectivity index is 1.39. The van der Waals surface area contributed by atoms with Gasteiger partial charge in [0.2, 0.25) is 23.0 Å². The third kappa shape index (κ3) is 11.9. The van der Waals surface area contributed by atoms with Crippen LogP contribution >= 0.6 is 0 Å². The minimum Gasteiger partial charge on any atom is -0.504 e. The molecule has 8 aromatic carbocycles. The molecular weight excluding hydrogens is 1320 g/mol. The number of carbonyl (C=O) groups is 8. The fourth-order valence-electron chi connectivity index (χ4n) is 10.6. The SMILES string of the molecule is O=C(Oc1cc(C(=O)O)c([C@@H]2[C@H](c3c(C(=O)O)cc(OC(=O)c4cc(O)c(O)c(O)c4)c(O)c3O)[C@H](c3c(C(=O)O)cc(OC(=O)c4cc(O)c(O)c(O)c4)c(O)c3O)OC[C@H]2c2c(C(=O)O)cc(OC(=O)c3cc(O)c(O)c(O)c3)c(O)c2O)c(O)c1O)c1cc(O)c(O)c(O)c1. The van der Waals surface area contributed by atoms with E-state index in [1.807, 2.05) is 0 Å². The number of carboxylic acids is 4. The van der Waals surface area contributed by atoms with E-state index in [-0.39, 0.29) is 24.3 Å². The maximum Gasteiger partial charge on any atom is 0.343 e. The number of carboxylic acid groups (broad SMARTS) is 4. The largest absolute Gasteiger partial charge is 0.504 e. The van der Waals surface area contributed by atoms with Crippen LogP contribution in [-0.4, -0.2) is 177 Å². The Hall–Kier alpha value is -14.5. The molecule has 24 N–H and O–H groups in total. The zero-order valence-corrected chi connectivity index (χ0v) is 48.0. The highest BCUT2D eigenvalue weighted by atomic mass is 16.6. The van der Waals surface area contributed by atoms with Crippen molar-refractivity contribution in [2.75, 3.05) is 6.61 Å². The van der Waals surface area contributed by atoms with Crippen molar-refractivity contribution in [2.45, 2.75) is 23.9 Å². The van der Waals surface area contributed by atoms with Crippen molar-refractivity contribution in [3.8, 4) is 138 Å². The number of benzene rings is 8. The highest BCUT2D eigenvalue weighted by Gasteiger charge is 2.53. The molecule has 8 aromatic rings. The first-order valence-electron chi connectivity index (χ1n) is 26.6. The summed E-state index contributed by atoms with van der Waals surface area (Å²) >= 11 is 0. The molecule has 1 aliphatic heterocycles. The predicted molar refractivity (Wildman–Crippen MR) is 309 cm³/mol. The lowest BCUT2D eigenvalue weighted by Crippen LogP contribution is -2.37. The van der Waals surface area contributed by atoms with Crippen molar-refractivity contribution in [2.24, 2.45) is 0 Å². The molecule has 0 spiro atoms. The minimum atomic E-state index is -3.04. The molecule has 0 aliphatic carbocycles. The number of ether oxygens (including phenoxy) is 5. The lowest BCUT2D eigenvalue weighted by Gasteiger charge is -2.45. The first-order chi connectivity index (χ1) is 45.9. The molecule has 0 saturated carbocycles. The summed E-state index contributed by atoms with van der Waals surface area (Å²) in [6.45, 7) is -1.59. The Morgan fingerprint density at radius 3 is 0.745 bits per heavy atom. The van der Waals surface area contributed by atoms with Gasteiger partial charge in [0.25, 0.3) is 0 Å². The minimum absolute atomic E-state index is 0.138. The summed E-state index contributed by atoms with van der Waals surface area (Å²) in [5.41, 5.74) is -15.6. The molecule has 0 radical (unpaired) electrons. The van der Waals surface area contributed by atoms with Gasteiger partial charge in [0.15, 0.2) is 115 Å². The van der Waals surface area contributed by atoms with Crippen molar-refractivity contribution in [3.63, 3.8) is 0 Å². The van der Waals surface area contributed by atoms with E-state index in [1.54, 1.807) is 0 Å². The molecule has 9 rings (SSSR count). The fraction of sp³-hybridized carbons (Fsp3) is 0.0820. The number of rotatable bonds is 16. The molecule has 37 nitrogen and oxygen atoms in total. The molecule has 1 heterocycles. The number of aromatic carboxylic acids is 4. The Morgan fingerprint density at radius 2 is 0.490 bits per heavy atom. The Bertz CT molecular complexity index is 4440. The Kier molecular flexibility index (Phi) is 17.4. The lowest BCUT2D eigenvalue weighted by molar-refractivity contribution is -0.0300. The van der Waals surface area contributed by atoms with Crippen LogP contribution in [0.4, 0.5) is 0 Å². The van der Waals surface area contributed by atoms with E-state index in [1.165, 1.54) is 0 Å². The fourth-order valence-corrected chi connectivity index (χ4v) is 10.6. The van der Waals surface area contributed by atoms with E-state index in [0.717, 1.165) is 0 Å². The summed E-state index contributed by atoms with van der Waals surface area (Å²) < 4.78 is 26.6. The standard InChI is InChI=1S/C61H42O37/c62-23-1-14(2-24(63)41(23)70)58(90)95-31-9-18(54(82)83)35(49(78)45(31)74)22-13-94-53(39-21(57(88)89)12-34(48(77)52(39)81)98-61(93)17-7-29(68)44(73)30(69)8-17)40(38-20(56(86)87)11-33(47(76)51(38)80)97-60(92)16-5-27(66)43(72)28(67)6-16)36(22)37-19(55(84)85)10-32(46(75)50(37)79)96-59(91)15-3-25(64)42(71)26(65)4-15/h1-12,22,36,40,53,62-81H,13H2,(H,82,83)(H,84,85)(H,86,87)(H,88,89)/t22-,36+,40+,53-/m0/s1. The number of esters is 4. The van der Waals surface area contributed by atoms with Crippen LogP contribution in [0.3, 0.4) is 0 Å². The second kappa shape index (κ2) is 25.2. The van der Waals surface area contributed by atoms with E-state index in [2.05, 4.69) is 0 Å². The van der Waals surface area contributed by atoms with Gasteiger partial charge >= 0.3 is 47.8 Å². The van der Waals surface area contributed by atoms with Crippen LogP contribution in [0, 0.1) is 0 Å². The maximum atomic E-state index is 13.9. The molecule has 4 atom stereocenters. The number of phenols is 20. The van der Waals surface area contributed by atoms with Crippen LogP contribution in [0.1, 0.15) is 129 Å². The van der Waals surface area contributed by atoms with Crippen molar-refractivity contribution in [1.29, 1.82) is 0 Å². The van der Waals surface area contributed by atoms with Gasteiger partial charge in [-0.2, -0.15) is 0 Å². The number of carbonyl (C=O) groups excluding carboxylic acids is 4. The Morgan fingerprint density at radius 1 is 0.276 bits per heavy atom. The smallest absolute Gasteiger partial charge is 0.343 e. The Labute approximate surface area is 538 Å². The van der Waals surface area contributed by atoms with Gasteiger partial charge in [0, 0.05) is 40.0 Å². The number of hydrogen-bond acceptors (Lipinski definition) is 33. The van der Waals surface area contributed by atoms with Gasteiger partial charge in [-0.15, -0.1) is 0 Å². The van der Waals surface area contributed by atoms with Crippen molar-refractivity contribution in [1.82, 2.24) is 0 Å². The highest BCUT2D eigenvalue weighted by Crippen LogP contribution is 2.65. The second-order valence-corrected chi connectivity index (χ2v) is 20.8. The average molecular weight is 1370 g/mol. The van der Waals surface area contributed by atoms with Gasteiger partial charge in [-0.05, 0) is 72.8 Å². The lowest BCUT2D eigenvalue weighted by atomic mass is 9.63. The summed E-state index contributed by atoms with van der Waals surface area (Å²) in [5.74, 6) is -59.6. The molecule has 1 saturated heterocycles. The van der Waals surface area contributed by atoms with Crippen LogP contribution in [-0.2, 0) is 4.74 Å². The van der Waals surface area contributed by atoms with Crippen LogP contribution in [0.2, 0.25) is 0 Å². The zero-order chi connectivity index (χ0) is 72.4. The molecule has 0 amide bonds. The summed E-state index contributed by atoms with van der Waals surface area (Å²) in [5, 5.41) is 261. The molecule has 0 bridgehead atoms. The number of phenolic OH excluding ortho intramolecular Hbond substituents is 20. The van der Waals surface area contributed by atoms with Crippen LogP contribution in [0.5, 0.6) is 138 Å².